The van der Waals surface area contributed by atoms with Crippen molar-refractivity contribution < 1.29 is 4.79 Å². The number of benzene rings is 3. The molecule has 1 atom stereocenters. The molecule has 1 aliphatic carbocycles. The number of hydrogen-bond acceptors (Lipinski definition) is 3. The minimum atomic E-state index is -0.443. The second-order valence-corrected chi connectivity index (χ2v) is 8.70. The number of carbonyl (C=O) groups excluding carboxylic acids is 1. The van der Waals surface area contributed by atoms with Crippen LogP contribution in [0.3, 0.4) is 0 Å². The van der Waals surface area contributed by atoms with Crippen LogP contribution in [0.5, 0.6) is 0 Å². The first-order valence-corrected chi connectivity index (χ1v) is 10.9. The lowest BCUT2D eigenvalue weighted by molar-refractivity contribution is 0.102. The number of fused-ring (bicyclic) bond motifs is 2. The van der Waals surface area contributed by atoms with Crippen LogP contribution in [0.25, 0.3) is 10.9 Å². The maximum Gasteiger partial charge on any atom is 0.263 e. The molecule has 1 heterocycles. The van der Waals surface area contributed by atoms with E-state index in [9.17, 15) is 9.59 Å². The number of carbonyl (C=O) groups is 1. The van der Waals surface area contributed by atoms with Crippen molar-refractivity contribution in [3.05, 3.63) is 105 Å². The van der Waals surface area contributed by atoms with Crippen molar-refractivity contribution in [2.75, 3.05) is 11.1 Å². The van der Waals surface area contributed by atoms with Gasteiger partial charge in [0.25, 0.3) is 11.5 Å². The summed E-state index contributed by atoms with van der Waals surface area (Å²) in [6.45, 7) is 0.498. The average Bonchev–Trinajstić information content (AvgIpc) is 3.18. The van der Waals surface area contributed by atoms with Gasteiger partial charge in [0.05, 0.1) is 5.52 Å². The van der Waals surface area contributed by atoms with E-state index in [1.807, 2.05) is 42.5 Å². The molecule has 160 valence electrons. The molecule has 1 unspecified atom stereocenters. The van der Waals surface area contributed by atoms with Crippen molar-refractivity contribution in [3.63, 3.8) is 0 Å². The van der Waals surface area contributed by atoms with E-state index in [4.69, 9.17) is 17.3 Å². The molecule has 3 N–H and O–H groups in total. The zero-order chi connectivity index (χ0) is 22.2. The van der Waals surface area contributed by atoms with Gasteiger partial charge in [-0.3, -0.25) is 9.59 Å². The largest absolute Gasteiger partial charge is 0.398 e. The van der Waals surface area contributed by atoms with Crippen molar-refractivity contribution in [1.29, 1.82) is 0 Å². The highest BCUT2D eigenvalue weighted by atomic mass is 35.5. The lowest BCUT2D eigenvalue weighted by atomic mass is 10.0. The van der Waals surface area contributed by atoms with Crippen LogP contribution in [0.4, 0.5) is 11.4 Å². The smallest absolute Gasteiger partial charge is 0.263 e. The van der Waals surface area contributed by atoms with Crippen LogP contribution in [0.2, 0.25) is 5.02 Å². The number of hydrogen-bond donors (Lipinski definition) is 2. The summed E-state index contributed by atoms with van der Waals surface area (Å²) in [6, 6.07) is 22.2. The van der Waals surface area contributed by atoms with Crippen LogP contribution in [-0.2, 0) is 19.4 Å². The van der Waals surface area contributed by atoms with E-state index in [-0.39, 0.29) is 17.0 Å². The minimum Gasteiger partial charge on any atom is -0.398 e. The molecule has 1 aromatic heterocycles. The summed E-state index contributed by atoms with van der Waals surface area (Å²) in [4.78, 5) is 26.5. The maximum absolute atomic E-state index is 13.5. The van der Waals surface area contributed by atoms with Gasteiger partial charge in [0.2, 0.25) is 0 Å². The van der Waals surface area contributed by atoms with Gasteiger partial charge in [0.1, 0.15) is 5.56 Å². The molecule has 0 saturated heterocycles. The molecular formula is C26H22ClN3O2. The summed E-state index contributed by atoms with van der Waals surface area (Å²) >= 11 is 6.16. The second-order valence-electron chi connectivity index (χ2n) is 8.26. The van der Waals surface area contributed by atoms with Crippen LogP contribution in [-0.4, -0.2) is 10.5 Å². The van der Waals surface area contributed by atoms with E-state index in [0.717, 1.165) is 23.4 Å². The molecule has 1 aliphatic rings. The summed E-state index contributed by atoms with van der Waals surface area (Å²) in [5.74, 6) is -0.208. The Bertz CT molecular complexity index is 1400. The van der Waals surface area contributed by atoms with Gasteiger partial charge >= 0.3 is 0 Å². The third-order valence-corrected chi connectivity index (χ3v) is 6.31. The maximum atomic E-state index is 13.5. The summed E-state index contributed by atoms with van der Waals surface area (Å²) < 4.78 is 1.70. The van der Waals surface area contributed by atoms with Crippen molar-refractivity contribution in [2.45, 2.75) is 19.4 Å². The predicted molar refractivity (Wildman–Crippen MR) is 129 cm³/mol. The molecule has 0 fully saturated rings. The third kappa shape index (κ3) is 3.76. The number of nitrogen functional groups attached to an aromatic ring is 1. The number of nitrogens with zero attached hydrogens (tertiary/aromatic N) is 1. The molecule has 0 spiro atoms. The second kappa shape index (κ2) is 8.17. The molecule has 0 saturated carbocycles. The van der Waals surface area contributed by atoms with Gasteiger partial charge in [-0.2, -0.15) is 0 Å². The first-order valence-electron chi connectivity index (χ1n) is 10.6. The molecule has 4 aromatic rings. The molecule has 0 aliphatic heterocycles. The standard InChI is InChI=1S/C26H22ClN3O2/c27-19-10-9-17-11-16(12-18(17)13-19)15-30-24-8-4-7-23(28)21(24)14-22(26(30)32)25(31)29-20-5-2-1-3-6-20/h1-10,13-14,16H,11-12,15,28H2,(H,29,31). The van der Waals surface area contributed by atoms with Crippen LogP contribution in [0.1, 0.15) is 21.5 Å². The fourth-order valence-electron chi connectivity index (χ4n) is 4.55. The lowest BCUT2D eigenvalue weighted by Crippen LogP contribution is -2.31. The molecule has 6 heteroatoms. The van der Waals surface area contributed by atoms with Gasteiger partial charge in [-0.1, -0.05) is 41.9 Å². The summed E-state index contributed by atoms with van der Waals surface area (Å²) in [5, 5.41) is 4.24. The number of pyridine rings is 1. The first-order chi connectivity index (χ1) is 15.5. The van der Waals surface area contributed by atoms with E-state index in [1.54, 1.807) is 28.8 Å². The number of nitrogens with two attached hydrogens (primary N) is 1. The SMILES string of the molecule is Nc1cccc2c1cc(C(=O)Nc1ccccc1)c(=O)n2CC1Cc2ccc(Cl)cc2C1. The third-order valence-electron chi connectivity index (χ3n) is 6.07. The van der Waals surface area contributed by atoms with Gasteiger partial charge in [0.15, 0.2) is 0 Å². The number of rotatable bonds is 4. The number of amides is 1. The molecule has 5 rings (SSSR count). The molecule has 0 radical (unpaired) electrons. The summed E-state index contributed by atoms with van der Waals surface area (Å²) in [7, 11) is 0. The van der Waals surface area contributed by atoms with Crippen molar-refractivity contribution >= 4 is 39.8 Å². The van der Waals surface area contributed by atoms with E-state index >= 15 is 0 Å². The van der Waals surface area contributed by atoms with Crippen LogP contribution in [0.15, 0.2) is 77.6 Å². The number of nitrogens with one attached hydrogen (secondary N) is 1. The Morgan fingerprint density at radius 3 is 2.59 bits per heavy atom. The van der Waals surface area contributed by atoms with E-state index in [2.05, 4.69) is 11.4 Å². The van der Waals surface area contributed by atoms with E-state index < -0.39 is 5.91 Å². The highest BCUT2D eigenvalue weighted by molar-refractivity contribution is 6.30. The molecule has 0 bridgehead atoms. The Morgan fingerprint density at radius 1 is 1.00 bits per heavy atom. The fraction of sp³-hybridized carbons (Fsp3) is 0.154. The number of para-hydroxylation sites is 1. The van der Waals surface area contributed by atoms with Gasteiger partial charge < -0.3 is 15.6 Å². The number of anilines is 2. The van der Waals surface area contributed by atoms with Gasteiger partial charge in [-0.05, 0) is 72.4 Å². The topological polar surface area (TPSA) is 77.1 Å². The molecule has 1 amide bonds. The quantitative estimate of drug-likeness (QED) is 0.440. The van der Waals surface area contributed by atoms with Crippen molar-refractivity contribution in [3.8, 4) is 0 Å². The average molecular weight is 444 g/mol. The Labute approximate surface area is 190 Å². The van der Waals surface area contributed by atoms with Crippen LogP contribution >= 0.6 is 11.6 Å². The Hall–Kier alpha value is -3.57. The van der Waals surface area contributed by atoms with Crippen molar-refractivity contribution in [2.24, 2.45) is 5.92 Å². The number of halogens is 1. The summed E-state index contributed by atoms with van der Waals surface area (Å²) in [5.41, 5.74) is 10.4. The van der Waals surface area contributed by atoms with Crippen LogP contribution < -0.4 is 16.6 Å². The lowest BCUT2D eigenvalue weighted by Gasteiger charge is -2.17. The van der Waals surface area contributed by atoms with Crippen molar-refractivity contribution in [1.82, 2.24) is 4.57 Å². The van der Waals surface area contributed by atoms with Gasteiger partial charge in [0, 0.05) is 28.3 Å². The highest BCUT2D eigenvalue weighted by Crippen LogP contribution is 2.31. The molecule has 3 aromatic carbocycles. The summed E-state index contributed by atoms with van der Waals surface area (Å²) in [6.07, 6.45) is 1.70. The zero-order valence-corrected chi connectivity index (χ0v) is 18.1. The Morgan fingerprint density at radius 2 is 1.78 bits per heavy atom. The van der Waals surface area contributed by atoms with Gasteiger partial charge in [-0.25, -0.2) is 0 Å². The monoisotopic (exact) mass is 443 g/mol. The first kappa shape index (κ1) is 20.3. The Kier molecular flexibility index (Phi) is 5.19. The molecular weight excluding hydrogens is 422 g/mol. The van der Waals surface area contributed by atoms with E-state index in [1.165, 1.54) is 11.1 Å². The number of aromatic nitrogens is 1. The highest BCUT2D eigenvalue weighted by Gasteiger charge is 2.24. The Balaban J connectivity index is 1.54. The van der Waals surface area contributed by atoms with Gasteiger partial charge in [-0.15, -0.1) is 0 Å². The normalized spacial score (nSPS) is 15.0. The molecule has 32 heavy (non-hydrogen) atoms. The predicted octanol–water partition coefficient (Wildman–Crippen LogP) is 4.90. The van der Waals surface area contributed by atoms with Crippen LogP contribution in [0, 0.1) is 5.92 Å². The fourth-order valence-corrected chi connectivity index (χ4v) is 4.75. The zero-order valence-electron chi connectivity index (χ0n) is 17.3. The minimum absolute atomic E-state index is 0.0813. The van der Waals surface area contributed by atoms with E-state index in [0.29, 0.717) is 23.3 Å². The molecule has 5 nitrogen and oxygen atoms in total.